The van der Waals surface area contributed by atoms with Gasteiger partial charge >= 0.3 is 5.97 Å². The molecule has 6 heteroatoms. The summed E-state index contributed by atoms with van der Waals surface area (Å²) in [5.41, 5.74) is 4.75. The Hall–Kier alpha value is -1.27. The first-order valence-corrected chi connectivity index (χ1v) is 4.70. The summed E-state index contributed by atoms with van der Waals surface area (Å²) in [6, 6.07) is 1.92. The molecule has 0 amide bonds. The third-order valence-electron chi connectivity index (χ3n) is 1.74. The van der Waals surface area contributed by atoms with Crippen LogP contribution in [0.4, 0.5) is 4.39 Å². The highest BCUT2D eigenvalue weighted by Crippen LogP contribution is 2.16. The minimum Gasteiger partial charge on any atom is -0.480 e. The summed E-state index contributed by atoms with van der Waals surface area (Å²) in [5, 5.41) is 8.49. The zero-order valence-electron chi connectivity index (χ0n) is 7.41. The number of hydrogen-bond donors (Lipinski definition) is 2. The number of ketones is 1. The van der Waals surface area contributed by atoms with Crippen molar-refractivity contribution in [2.24, 2.45) is 5.73 Å². The molecule has 0 fully saturated rings. The average Bonchev–Trinajstić information content (AvgIpc) is 2.19. The third kappa shape index (κ3) is 2.60. The summed E-state index contributed by atoms with van der Waals surface area (Å²) in [6.07, 6.45) is 0. The fourth-order valence-electron chi connectivity index (χ4n) is 0.966. The highest BCUT2D eigenvalue weighted by molar-refractivity contribution is 9.10. The van der Waals surface area contributed by atoms with Crippen LogP contribution in [0.15, 0.2) is 22.7 Å². The fourth-order valence-corrected chi connectivity index (χ4v) is 1.33. The third-order valence-corrected chi connectivity index (χ3v) is 2.24. The Morgan fingerprint density at radius 1 is 1.47 bits per heavy atom. The van der Waals surface area contributed by atoms with Crippen molar-refractivity contribution in [3.8, 4) is 0 Å². The quantitative estimate of drug-likeness (QED) is 0.641. The molecule has 0 aliphatic heterocycles. The molecule has 1 rings (SSSR count). The topological polar surface area (TPSA) is 80.4 Å². The highest BCUT2D eigenvalue weighted by atomic mass is 79.9. The van der Waals surface area contributed by atoms with Crippen molar-refractivity contribution >= 4 is 27.7 Å². The van der Waals surface area contributed by atoms with Gasteiger partial charge in [0.05, 0.1) is 5.56 Å². The predicted octanol–water partition coefficient (Wildman–Crippen LogP) is 1.18. The lowest BCUT2D eigenvalue weighted by Crippen LogP contribution is -2.38. The van der Waals surface area contributed by atoms with Crippen LogP contribution in [0.2, 0.25) is 0 Å². The number of aliphatic carboxylic acids is 1. The lowest BCUT2D eigenvalue weighted by atomic mass is 10.0. The fraction of sp³-hybridized carbons (Fsp3) is 0.111. The Labute approximate surface area is 93.0 Å². The van der Waals surface area contributed by atoms with Crippen molar-refractivity contribution in [2.45, 2.75) is 6.04 Å². The first-order valence-electron chi connectivity index (χ1n) is 3.91. The van der Waals surface area contributed by atoms with E-state index < -0.39 is 23.6 Å². The van der Waals surface area contributed by atoms with Crippen LogP contribution in [0.3, 0.4) is 0 Å². The summed E-state index contributed by atoms with van der Waals surface area (Å²) in [5.74, 6) is -3.24. The van der Waals surface area contributed by atoms with E-state index in [2.05, 4.69) is 15.9 Å². The van der Waals surface area contributed by atoms with Crippen molar-refractivity contribution in [3.63, 3.8) is 0 Å². The molecule has 15 heavy (non-hydrogen) atoms. The number of carbonyl (C=O) groups is 2. The first kappa shape index (κ1) is 11.8. The van der Waals surface area contributed by atoms with Gasteiger partial charge in [-0.05, 0) is 18.2 Å². The van der Waals surface area contributed by atoms with Crippen molar-refractivity contribution < 1.29 is 19.1 Å². The Morgan fingerprint density at radius 2 is 2.07 bits per heavy atom. The Morgan fingerprint density at radius 3 is 2.60 bits per heavy atom. The van der Waals surface area contributed by atoms with Gasteiger partial charge in [-0.2, -0.15) is 0 Å². The molecule has 0 saturated carbocycles. The zero-order valence-corrected chi connectivity index (χ0v) is 8.99. The first-order chi connectivity index (χ1) is 6.93. The zero-order chi connectivity index (χ0) is 11.6. The molecule has 80 valence electrons. The normalized spacial score (nSPS) is 12.2. The van der Waals surface area contributed by atoms with Crippen LogP contribution in [0.25, 0.3) is 0 Å². The standard InChI is InChI=1S/C9H7BrFNO3/c10-4-1-2-6(11)5(3-4)8(13)7(12)9(14)15/h1-3,7H,12H2,(H,14,15). The molecule has 0 aromatic heterocycles. The Balaban J connectivity index is 3.11. The molecular weight excluding hydrogens is 269 g/mol. The Kier molecular flexibility index (Phi) is 3.54. The number of carbonyl (C=O) groups excluding carboxylic acids is 1. The van der Waals surface area contributed by atoms with Gasteiger partial charge in [0.2, 0.25) is 0 Å². The minimum atomic E-state index is -1.74. The maximum Gasteiger partial charge on any atom is 0.328 e. The van der Waals surface area contributed by atoms with E-state index in [9.17, 15) is 14.0 Å². The van der Waals surface area contributed by atoms with Crippen molar-refractivity contribution in [3.05, 3.63) is 34.1 Å². The molecule has 0 aliphatic rings. The van der Waals surface area contributed by atoms with E-state index in [1.165, 1.54) is 12.1 Å². The van der Waals surface area contributed by atoms with Crippen LogP contribution in [0.1, 0.15) is 10.4 Å². The summed E-state index contributed by atoms with van der Waals surface area (Å²) in [6.45, 7) is 0. The van der Waals surface area contributed by atoms with E-state index >= 15 is 0 Å². The van der Waals surface area contributed by atoms with E-state index in [4.69, 9.17) is 10.8 Å². The van der Waals surface area contributed by atoms with Crippen molar-refractivity contribution in [1.29, 1.82) is 0 Å². The molecule has 0 bridgehead atoms. The second-order valence-electron chi connectivity index (χ2n) is 2.80. The highest BCUT2D eigenvalue weighted by Gasteiger charge is 2.25. The molecular formula is C9H7BrFNO3. The average molecular weight is 276 g/mol. The lowest BCUT2D eigenvalue weighted by molar-refractivity contribution is -0.137. The summed E-state index contributed by atoms with van der Waals surface area (Å²) < 4.78 is 13.6. The van der Waals surface area contributed by atoms with E-state index in [0.717, 1.165) is 6.07 Å². The lowest BCUT2D eigenvalue weighted by Gasteiger charge is -2.06. The molecule has 0 spiro atoms. The van der Waals surface area contributed by atoms with Gasteiger partial charge in [0.25, 0.3) is 0 Å². The van der Waals surface area contributed by atoms with E-state index in [1.807, 2.05) is 0 Å². The molecule has 0 aliphatic carbocycles. The Bertz CT molecular complexity index is 422. The molecule has 1 atom stereocenters. The van der Waals surface area contributed by atoms with Crippen molar-refractivity contribution in [1.82, 2.24) is 0 Å². The van der Waals surface area contributed by atoms with Gasteiger partial charge in [0.1, 0.15) is 5.82 Å². The molecule has 1 unspecified atom stereocenters. The number of Topliss-reactive ketones (excluding diaryl/α,β-unsaturated/α-hetero) is 1. The van der Waals surface area contributed by atoms with E-state index in [0.29, 0.717) is 4.47 Å². The number of rotatable bonds is 3. The smallest absolute Gasteiger partial charge is 0.328 e. The van der Waals surface area contributed by atoms with Gasteiger partial charge in [0, 0.05) is 4.47 Å². The molecule has 0 saturated heterocycles. The summed E-state index contributed by atoms with van der Waals surface area (Å²) in [4.78, 5) is 21.8. The second kappa shape index (κ2) is 4.50. The molecule has 4 nitrogen and oxygen atoms in total. The summed E-state index contributed by atoms with van der Waals surface area (Å²) >= 11 is 3.04. The van der Waals surface area contributed by atoms with Gasteiger partial charge in [0.15, 0.2) is 11.8 Å². The number of benzene rings is 1. The molecule has 3 N–H and O–H groups in total. The molecule has 1 aromatic rings. The van der Waals surface area contributed by atoms with Gasteiger partial charge in [-0.3, -0.25) is 9.59 Å². The number of hydrogen-bond acceptors (Lipinski definition) is 3. The van der Waals surface area contributed by atoms with Crippen LogP contribution < -0.4 is 5.73 Å². The van der Waals surface area contributed by atoms with Crippen LogP contribution >= 0.6 is 15.9 Å². The number of halogens is 2. The summed E-state index contributed by atoms with van der Waals surface area (Å²) in [7, 11) is 0. The molecule has 0 heterocycles. The van der Waals surface area contributed by atoms with E-state index in [1.54, 1.807) is 0 Å². The maximum atomic E-state index is 13.2. The largest absolute Gasteiger partial charge is 0.480 e. The molecule has 0 radical (unpaired) electrons. The minimum absolute atomic E-state index is 0.334. The van der Waals surface area contributed by atoms with Crippen LogP contribution in [0.5, 0.6) is 0 Å². The number of carboxylic acid groups (broad SMARTS) is 1. The van der Waals surface area contributed by atoms with Gasteiger partial charge < -0.3 is 10.8 Å². The molecule has 1 aromatic carbocycles. The van der Waals surface area contributed by atoms with Crippen LogP contribution in [-0.4, -0.2) is 22.9 Å². The predicted molar refractivity (Wildman–Crippen MR) is 54.0 cm³/mol. The monoisotopic (exact) mass is 275 g/mol. The van der Waals surface area contributed by atoms with Crippen LogP contribution in [-0.2, 0) is 4.79 Å². The number of nitrogens with two attached hydrogens (primary N) is 1. The number of carboxylic acids is 1. The van der Waals surface area contributed by atoms with E-state index in [-0.39, 0.29) is 5.56 Å². The second-order valence-corrected chi connectivity index (χ2v) is 3.72. The van der Waals surface area contributed by atoms with Crippen molar-refractivity contribution in [2.75, 3.05) is 0 Å². The van der Waals surface area contributed by atoms with Crippen LogP contribution in [0, 0.1) is 5.82 Å². The van der Waals surface area contributed by atoms with Gasteiger partial charge in [-0.1, -0.05) is 15.9 Å². The van der Waals surface area contributed by atoms with Gasteiger partial charge in [-0.15, -0.1) is 0 Å². The maximum absolute atomic E-state index is 13.2. The SMILES string of the molecule is NC(C(=O)O)C(=O)c1cc(Br)ccc1F. The van der Waals surface area contributed by atoms with Gasteiger partial charge in [-0.25, -0.2) is 4.39 Å².